The van der Waals surface area contributed by atoms with E-state index >= 15 is 0 Å². The standard InChI is InChI=1S/C12H12NO2/c1-8-12(9(2)15-13-8)10-5-4-6-11(7-10)14-3/h4,6-7H,1-3H3. The highest BCUT2D eigenvalue weighted by atomic mass is 16.5. The van der Waals surface area contributed by atoms with Gasteiger partial charge in [0, 0.05) is 5.56 Å². The van der Waals surface area contributed by atoms with Gasteiger partial charge in [-0.15, -0.1) is 0 Å². The van der Waals surface area contributed by atoms with Gasteiger partial charge in [-0.3, -0.25) is 0 Å². The van der Waals surface area contributed by atoms with Gasteiger partial charge in [-0.25, -0.2) is 0 Å². The van der Waals surface area contributed by atoms with Crippen LogP contribution in [0.1, 0.15) is 11.5 Å². The summed E-state index contributed by atoms with van der Waals surface area (Å²) in [4.78, 5) is 0. The minimum Gasteiger partial charge on any atom is -0.497 e. The van der Waals surface area contributed by atoms with Crippen LogP contribution in [0.4, 0.5) is 0 Å². The van der Waals surface area contributed by atoms with E-state index in [4.69, 9.17) is 9.26 Å². The molecule has 0 bridgehead atoms. The maximum Gasteiger partial charge on any atom is 0.141 e. The van der Waals surface area contributed by atoms with Crippen LogP contribution in [0.15, 0.2) is 22.7 Å². The van der Waals surface area contributed by atoms with Crippen molar-refractivity contribution >= 4 is 0 Å². The van der Waals surface area contributed by atoms with Gasteiger partial charge in [0.25, 0.3) is 0 Å². The molecule has 0 saturated heterocycles. The average molecular weight is 202 g/mol. The van der Waals surface area contributed by atoms with E-state index in [2.05, 4.69) is 11.2 Å². The van der Waals surface area contributed by atoms with Crippen LogP contribution in [0, 0.1) is 19.9 Å². The lowest BCUT2D eigenvalue weighted by Gasteiger charge is -2.02. The first-order chi connectivity index (χ1) is 7.22. The molecule has 1 aromatic heterocycles. The zero-order valence-corrected chi connectivity index (χ0v) is 9.00. The van der Waals surface area contributed by atoms with E-state index < -0.39 is 0 Å². The van der Waals surface area contributed by atoms with Gasteiger partial charge >= 0.3 is 0 Å². The third-order valence-corrected chi connectivity index (χ3v) is 2.31. The Kier molecular flexibility index (Phi) is 2.46. The molecule has 15 heavy (non-hydrogen) atoms. The van der Waals surface area contributed by atoms with Crippen molar-refractivity contribution in [2.24, 2.45) is 0 Å². The summed E-state index contributed by atoms with van der Waals surface area (Å²) in [5, 5.41) is 3.91. The zero-order valence-electron chi connectivity index (χ0n) is 9.00. The first kappa shape index (κ1) is 9.77. The van der Waals surface area contributed by atoms with Crippen LogP contribution in [0.25, 0.3) is 11.1 Å². The second-order valence-corrected chi connectivity index (χ2v) is 3.34. The van der Waals surface area contributed by atoms with E-state index in [9.17, 15) is 0 Å². The summed E-state index contributed by atoms with van der Waals surface area (Å²) in [5.41, 5.74) is 2.82. The summed E-state index contributed by atoms with van der Waals surface area (Å²) in [6, 6.07) is 8.77. The quantitative estimate of drug-likeness (QED) is 0.751. The fourth-order valence-electron chi connectivity index (χ4n) is 1.58. The number of aromatic nitrogens is 1. The third-order valence-electron chi connectivity index (χ3n) is 2.31. The van der Waals surface area contributed by atoms with Crippen molar-refractivity contribution in [3.8, 4) is 16.9 Å². The van der Waals surface area contributed by atoms with Crippen LogP contribution >= 0.6 is 0 Å². The Hall–Kier alpha value is -1.77. The summed E-state index contributed by atoms with van der Waals surface area (Å²) in [5.74, 6) is 1.61. The predicted octanol–water partition coefficient (Wildman–Crippen LogP) is 2.77. The highest BCUT2D eigenvalue weighted by Gasteiger charge is 2.11. The molecule has 0 N–H and O–H groups in total. The van der Waals surface area contributed by atoms with E-state index in [0.717, 1.165) is 28.3 Å². The van der Waals surface area contributed by atoms with Gasteiger partial charge in [0.15, 0.2) is 0 Å². The van der Waals surface area contributed by atoms with E-state index in [-0.39, 0.29) is 0 Å². The molecule has 0 fully saturated rings. The molecule has 1 aromatic carbocycles. The Labute approximate surface area is 88.7 Å². The fourth-order valence-corrected chi connectivity index (χ4v) is 1.58. The second-order valence-electron chi connectivity index (χ2n) is 3.34. The van der Waals surface area contributed by atoms with Gasteiger partial charge in [-0.2, -0.15) is 0 Å². The van der Waals surface area contributed by atoms with Crippen LogP contribution in [0.2, 0.25) is 0 Å². The van der Waals surface area contributed by atoms with Crippen LogP contribution in [0.5, 0.6) is 5.75 Å². The van der Waals surface area contributed by atoms with Crippen molar-refractivity contribution in [2.45, 2.75) is 13.8 Å². The normalized spacial score (nSPS) is 10.3. The van der Waals surface area contributed by atoms with Crippen LogP contribution in [-0.4, -0.2) is 12.3 Å². The van der Waals surface area contributed by atoms with Gasteiger partial charge < -0.3 is 9.26 Å². The Bertz CT molecular complexity index is 455. The summed E-state index contributed by atoms with van der Waals surface area (Å²) in [6.07, 6.45) is 0. The largest absolute Gasteiger partial charge is 0.497 e. The maximum absolute atomic E-state index is 5.16. The van der Waals surface area contributed by atoms with Crippen LogP contribution in [-0.2, 0) is 0 Å². The number of ether oxygens (including phenoxy) is 1. The highest BCUT2D eigenvalue weighted by molar-refractivity contribution is 5.68. The van der Waals surface area contributed by atoms with Crippen molar-refractivity contribution in [1.29, 1.82) is 0 Å². The molecule has 3 heteroatoms. The van der Waals surface area contributed by atoms with E-state index in [1.54, 1.807) is 7.11 Å². The van der Waals surface area contributed by atoms with Gasteiger partial charge in [0.05, 0.1) is 12.8 Å². The molecule has 0 aliphatic heterocycles. The first-order valence-electron chi connectivity index (χ1n) is 4.71. The number of rotatable bonds is 2. The van der Waals surface area contributed by atoms with Crippen molar-refractivity contribution in [2.75, 3.05) is 7.11 Å². The maximum atomic E-state index is 5.16. The predicted molar refractivity (Wildman–Crippen MR) is 56.8 cm³/mol. The molecule has 1 radical (unpaired) electrons. The highest BCUT2D eigenvalue weighted by Crippen LogP contribution is 2.28. The molecule has 3 nitrogen and oxygen atoms in total. The smallest absolute Gasteiger partial charge is 0.141 e. The molecule has 1 heterocycles. The second kappa shape index (κ2) is 3.77. The molecule has 0 aliphatic carbocycles. The molecule has 0 spiro atoms. The molecule has 2 aromatic rings. The molecular weight excluding hydrogens is 190 g/mol. The number of nitrogens with zero attached hydrogens (tertiary/aromatic N) is 1. The summed E-state index contributed by atoms with van der Waals surface area (Å²) >= 11 is 0. The fraction of sp³-hybridized carbons (Fsp3) is 0.250. The summed E-state index contributed by atoms with van der Waals surface area (Å²) in [7, 11) is 1.65. The van der Waals surface area contributed by atoms with Gasteiger partial charge in [0.1, 0.15) is 11.5 Å². The number of hydrogen-bond acceptors (Lipinski definition) is 3. The lowest BCUT2D eigenvalue weighted by molar-refractivity contribution is 0.393. The summed E-state index contributed by atoms with van der Waals surface area (Å²) in [6.45, 7) is 3.81. The zero-order chi connectivity index (χ0) is 10.8. The third kappa shape index (κ3) is 1.73. The number of aryl methyl sites for hydroxylation is 2. The van der Waals surface area contributed by atoms with E-state index in [0.29, 0.717) is 0 Å². The van der Waals surface area contributed by atoms with Crippen molar-refractivity contribution in [1.82, 2.24) is 5.16 Å². The molecule has 0 atom stereocenters. The van der Waals surface area contributed by atoms with Gasteiger partial charge in [-0.05, 0) is 37.6 Å². The SMILES string of the molecule is COc1cc[c]c(-c2c(C)noc2C)c1. The molecule has 0 amide bonds. The van der Waals surface area contributed by atoms with E-state index in [1.807, 2.05) is 32.0 Å². The Morgan fingerprint density at radius 2 is 2.20 bits per heavy atom. The first-order valence-corrected chi connectivity index (χ1v) is 4.71. The summed E-state index contributed by atoms with van der Waals surface area (Å²) < 4.78 is 10.3. The monoisotopic (exact) mass is 202 g/mol. The number of hydrogen-bond donors (Lipinski definition) is 0. The van der Waals surface area contributed by atoms with Crippen LogP contribution < -0.4 is 4.74 Å². The Balaban J connectivity index is 2.53. The number of methoxy groups -OCH3 is 1. The Morgan fingerprint density at radius 1 is 1.40 bits per heavy atom. The molecule has 77 valence electrons. The molecule has 0 aliphatic rings. The molecule has 0 saturated carbocycles. The lowest BCUT2D eigenvalue weighted by Crippen LogP contribution is -1.85. The van der Waals surface area contributed by atoms with Crippen molar-refractivity contribution in [3.05, 3.63) is 35.7 Å². The number of benzene rings is 1. The van der Waals surface area contributed by atoms with Gasteiger partial charge in [0.2, 0.25) is 0 Å². The molecule has 0 unspecified atom stereocenters. The van der Waals surface area contributed by atoms with Crippen LogP contribution in [0.3, 0.4) is 0 Å². The molecule has 2 rings (SSSR count). The van der Waals surface area contributed by atoms with Crippen molar-refractivity contribution < 1.29 is 9.26 Å². The van der Waals surface area contributed by atoms with E-state index in [1.165, 1.54) is 0 Å². The molecular formula is C12H12NO2. The van der Waals surface area contributed by atoms with Gasteiger partial charge in [-0.1, -0.05) is 11.2 Å². The minimum atomic E-state index is 0.803. The topological polar surface area (TPSA) is 35.3 Å². The average Bonchev–Trinajstić information content (AvgIpc) is 2.59. The Morgan fingerprint density at radius 3 is 2.80 bits per heavy atom. The lowest BCUT2D eigenvalue weighted by atomic mass is 10.0. The minimum absolute atomic E-state index is 0.803. The van der Waals surface area contributed by atoms with Crippen molar-refractivity contribution in [3.63, 3.8) is 0 Å².